The summed E-state index contributed by atoms with van der Waals surface area (Å²) >= 11 is 1.51. The average molecular weight is 299 g/mol. The molecule has 1 aromatic heterocycles. The zero-order chi connectivity index (χ0) is 14.7. The number of phenolic OH excluding ortho intramolecular Hbond substituents is 1. The van der Waals surface area contributed by atoms with Gasteiger partial charge in [0.25, 0.3) is 0 Å². The van der Waals surface area contributed by atoms with E-state index in [4.69, 9.17) is 5.73 Å². The molecule has 2 aromatic carbocycles. The number of rotatable bonds is 4. The molecule has 0 aliphatic rings. The molecule has 0 atom stereocenters. The Bertz CT molecular complexity index is 744. The van der Waals surface area contributed by atoms with Crippen molar-refractivity contribution in [3.63, 3.8) is 0 Å². The van der Waals surface area contributed by atoms with Crippen LogP contribution in [0.3, 0.4) is 0 Å². The number of hydrogen-bond acceptors (Lipinski definition) is 6. The third-order valence-corrected chi connectivity index (χ3v) is 3.89. The minimum Gasteiger partial charge on any atom is -0.506 e. The second kappa shape index (κ2) is 5.84. The number of nitrogens with two attached hydrogens (primary N) is 1. The highest BCUT2D eigenvalue weighted by Crippen LogP contribution is 2.26. The fourth-order valence-corrected chi connectivity index (χ4v) is 2.68. The van der Waals surface area contributed by atoms with Crippen LogP contribution < -0.4 is 5.73 Å². The van der Waals surface area contributed by atoms with Crippen LogP contribution in [-0.4, -0.2) is 25.3 Å². The van der Waals surface area contributed by atoms with Crippen molar-refractivity contribution >= 4 is 17.4 Å². The first kappa shape index (κ1) is 13.4. The van der Waals surface area contributed by atoms with Gasteiger partial charge in [0, 0.05) is 5.75 Å². The number of para-hydroxylation sites is 1. The molecule has 0 spiro atoms. The van der Waals surface area contributed by atoms with Gasteiger partial charge in [-0.1, -0.05) is 36.0 Å². The number of phenols is 1. The molecule has 0 radical (unpaired) electrons. The number of aromatic hydroxyl groups is 1. The van der Waals surface area contributed by atoms with E-state index in [0.717, 1.165) is 11.3 Å². The summed E-state index contributed by atoms with van der Waals surface area (Å²) in [6.45, 7) is 0. The van der Waals surface area contributed by atoms with Crippen molar-refractivity contribution in [1.29, 1.82) is 0 Å². The zero-order valence-electron chi connectivity index (χ0n) is 11.0. The fourth-order valence-electron chi connectivity index (χ4n) is 1.84. The average Bonchev–Trinajstić information content (AvgIpc) is 2.98. The molecule has 0 saturated heterocycles. The first-order valence-corrected chi connectivity index (χ1v) is 7.26. The minimum absolute atomic E-state index is 0.0952. The van der Waals surface area contributed by atoms with E-state index in [1.165, 1.54) is 11.8 Å². The lowest BCUT2D eigenvalue weighted by molar-refractivity contribution is 0.478. The van der Waals surface area contributed by atoms with E-state index in [9.17, 15) is 5.11 Å². The summed E-state index contributed by atoms with van der Waals surface area (Å²) in [5.74, 6) is 0.760. The van der Waals surface area contributed by atoms with Crippen LogP contribution in [0.2, 0.25) is 0 Å². The van der Waals surface area contributed by atoms with Crippen molar-refractivity contribution in [3.05, 3.63) is 54.1 Å². The van der Waals surface area contributed by atoms with Gasteiger partial charge in [0.2, 0.25) is 5.16 Å². The first-order chi connectivity index (χ1) is 10.2. The highest BCUT2D eigenvalue weighted by atomic mass is 32.2. The maximum absolute atomic E-state index is 9.42. The van der Waals surface area contributed by atoms with Gasteiger partial charge < -0.3 is 10.8 Å². The smallest absolute Gasteiger partial charge is 0.214 e. The second-order valence-corrected chi connectivity index (χ2v) is 5.33. The van der Waals surface area contributed by atoms with Gasteiger partial charge in [-0.15, -0.1) is 5.10 Å². The van der Waals surface area contributed by atoms with Crippen molar-refractivity contribution in [2.45, 2.75) is 10.9 Å². The zero-order valence-corrected chi connectivity index (χ0v) is 11.9. The Labute approximate surface area is 125 Å². The molecule has 0 aliphatic heterocycles. The molecule has 0 unspecified atom stereocenters. The van der Waals surface area contributed by atoms with Crippen molar-refractivity contribution in [2.75, 3.05) is 5.73 Å². The van der Waals surface area contributed by atoms with Crippen molar-refractivity contribution in [2.24, 2.45) is 0 Å². The van der Waals surface area contributed by atoms with Gasteiger partial charge >= 0.3 is 0 Å². The third kappa shape index (κ3) is 2.97. The topological polar surface area (TPSA) is 89.9 Å². The summed E-state index contributed by atoms with van der Waals surface area (Å²) in [4.78, 5) is 0. The van der Waals surface area contributed by atoms with Gasteiger partial charge in [0.05, 0.1) is 11.4 Å². The normalized spacial score (nSPS) is 10.7. The van der Waals surface area contributed by atoms with E-state index < -0.39 is 0 Å². The maximum atomic E-state index is 9.42. The van der Waals surface area contributed by atoms with Crippen molar-refractivity contribution in [1.82, 2.24) is 20.2 Å². The summed E-state index contributed by atoms with van der Waals surface area (Å²) in [5.41, 5.74) is 7.97. The summed E-state index contributed by atoms with van der Waals surface area (Å²) in [7, 11) is 0. The van der Waals surface area contributed by atoms with Gasteiger partial charge in [0.1, 0.15) is 5.75 Å². The molecule has 0 saturated carbocycles. The molecule has 3 N–H and O–H groups in total. The number of nitrogen functional groups attached to an aromatic ring is 1. The van der Waals surface area contributed by atoms with E-state index in [-0.39, 0.29) is 5.75 Å². The molecule has 21 heavy (non-hydrogen) atoms. The highest BCUT2D eigenvalue weighted by molar-refractivity contribution is 7.98. The minimum atomic E-state index is 0.0952. The molecule has 0 bridgehead atoms. The molecule has 0 amide bonds. The quantitative estimate of drug-likeness (QED) is 0.436. The van der Waals surface area contributed by atoms with E-state index in [1.807, 2.05) is 36.4 Å². The van der Waals surface area contributed by atoms with Gasteiger partial charge in [-0.25, -0.2) is 0 Å². The van der Waals surface area contributed by atoms with E-state index in [0.29, 0.717) is 16.6 Å². The number of aromatic nitrogens is 4. The van der Waals surface area contributed by atoms with Gasteiger partial charge in [0.15, 0.2) is 0 Å². The number of anilines is 1. The monoisotopic (exact) mass is 299 g/mol. The molecule has 0 fully saturated rings. The van der Waals surface area contributed by atoms with Crippen molar-refractivity contribution in [3.8, 4) is 11.4 Å². The Kier molecular flexibility index (Phi) is 3.74. The predicted molar refractivity (Wildman–Crippen MR) is 81.2 cm³/mol. The predicted octanol–water partition coefficient (Wildman–Crippen LogP) is 2.24. The van der Waals surface area contributed by atoms with E-state index in [2.05, 4.69) is 15.5 Å². The number of tetrazole rings is 1. The van der Waals surface area contributed by atoms with Crippen LogP contribution in [0.15, 0.2) is 53.7 Å². The SMILES string of the molecule is Nc1cc(CSc2nnnn2-c2ccccc2)ccc1O. The number of thioether (sulfide) groups is 1. The first-order valence-electron chi connectivity index (χ1n) is 6.28. The highest BCUT2D eigenvalue weighted by Gasteiger charge is 2.09. The third-order valence-electron chi connectivity index (χ3n) is 2.90. The van der Waals surface area contributed by atoms with E-state index in [1.54, 1.807) is 16.8 Å². The maximum Gasteiger partial charge on any atom is 0.214 e. The second-order valence-electron chi connectivity index (χ2n) is 4.39. The summed E-state index contributed by atoms with van der Waals surface area (Å²) in [6.07, 6.45) is 0. The van der Waals surface area contributed by atoms with Crippen LogP contribution in [0.4, 0.5) is 5.69 Å². The Morgan fingerprint density at radius 1 is 1.14 bits per heavy atom. The lowest BCUT2D eigenvalue weighted by Gasteiger charge is -2.05. The molecule has 0 aliphatic carbocycles. The molecule has 6 nitrogen and oxygen atoms in total. The molecule has 3 rings (SSSR count). The molecule has 1 heterocycles. The van der Waals surface area contributed by atoms with Crippen LogP contribution >= 0.6 is 11.8 Å². The van der Waals surface area contributed by atoms with Crippen LogP contribution in [0.25, 0.3) is 5.69 Å². The van der Waals surface area contributed by atoms with Gasteiger partial charge in [-0.05, 0) is 40.3 Å². The molecular weight excluding hydrogens is 286 g/mol. The number of benzene rings is 2. The van der Waals surface area contributed by atoms with Gasteiger partial charge in [-0.3, -0.25) is 0 Å². The standard InChI is InChI=1S/C14H13N5OS/c15-12-8-10(6-7-13(12)20)9-21-14-16-17-18-19(14)11-4-2-1-3-5-11/h1-8,20H,9,15H2. The molecule has 3 aromatic rings. The lowest BCUT2D eigenvalue weighted by atomic mass is 10.2. The summed E-state index contributed by atoms with van der Waals surface area (Å²) < 4.78 is 1.69. The summed E-state index contributed by atoms with van der Waals surface area (Å²) in [6, 6.07) is 14.9. The molecular formula is C14H13N5OS. The van der Waals surface area contributed by atoms with Crippen LogP contribution in [0.5, 0.6) is 5.75 Å². The van der Waals surface area contributed by atoms with Gasteiger partial charge in [-0.2, -0.15) is 4.68 Å². The fraction of sp³-hybridized carbons (Fsp3) is 0.0714. The van der Waals surface area contributed by atoms with Crippen LogP contribution in [-0.2, 0) is 5.75 Å². The Balaban J connectivity index is 1.77. The molecule has 106 valence electrons. The van der Waals surface area contributed by atoms with Crippen LogP contribution in [0, 0.1) is 0 Å². The Morgan fingerprint density at radius 2 is 1.95 bits per heavy atom. The molecule has 7 heteroatoms. The number of nitrogens with zero attached hydrogens (tertiary/aromatic N) is 4. The number of hydrogen-bond donors (Lipinski definition) is 2. The Hall–Kier alpha value is -2.54. The van der Waals surface area contributed by atoms with Crippen LogP contribution in [0.1, 0.15) is 5.56 Å². The lowest BCUT2D eigenvalue weighted by Crippen LogP contribution is -1.98. The van der Waals surface area contributed by atoms with E-state index >= 15 is 0 Å². The largest absolute Gasteiger partial charge is 0.506 e. The summed E-state index contributed by atoms with van der Waals surface area (Å²) in [5, 5.41) is 21.9. The van der Waals surface area contributed by atoms with Crippen molar-refractivity contribution < 1.29 is 5.11 Å². The Morgan fingerprint density at radius 3 is 2.71 bits per heavy atom.